The molecule has 0 N–H and O–H groups in total. The number of pyridine rings is 1. The van der Waals surface area contributed by atoms with Crippen molar-refractivity contribution < 1.29 is 4.79 Å². The SMILES string of the molecule is Cc1ccnc(N2CCC(C(=O)N3CCCCc4cc(Cl)ccc43)CC2)c1. The molecule has 4 nitrogen and oxygen atoms in total. The summed E-state index contributed by atoms with van der Waals surface area (Å²) in [5.74, 6) is 1.39. The number of fused-ring (bicyclic) bond motifs is 1. The van der Waals surface area contributed by atoms with Crippen LogP contribution in [0.1, 0.15) is 36.8 Å². The third kappa shape index (κ3) is 3.96. The van der Waals surface area contributed by atoms with Crippen LogP contribution >= 0.6 is 11.6 Å². The predicted molar refractivity (Wildman–Crippen MR) is 111 cm³/mol. The van der Waals surface area contributed by atoms with Crippen LogP contribution < -0.4 is 9.80 Å². The molecule has 0 atom stereocenters. The summed E-state index contributed by atoms with van der Waals surface area (Å²) < 4.78 is 0. The van der Waals surface area contributed by atoms with Gasteiger partial charge in [0.2, 0.25) is 5.91 Å². The third-order valence-corrected chi connectivity index (χ3v) is 5.98. The second-order valence-corrected chi connectivity index (χ2v) is 8.11. The molecule has 27 heavy (non-hydrogen) atoms. The van der Waals surface area contributed by atoms with Crippen LogP contribution in [0.2, 0.25) is 5.02 Å². The molecule has 0 radical (unpaired) electrons. The topological polar surface area (TPSA) is 36.4 Å². The molecule has 1 aromatic heterocycles. The van der Waals surface area contributed by atoms with Crippen molar-refractivity contribution in [2.45, 2.75) is 39.0 Å². The summed E-state index contributed by atoms with van der Waals surface area (Å²) in [6, 6.07) is 10.1. The van der Waals surface area contributed by atoms with Gasteiger partial charge in [0.15, 0.2) is 0 Å². The molecule has 1 amide bonds. The van der Waals surface area contributed by atoms with Gasteiger partial charge in [0.25, 0.3) is 0 Å². The summed E-state index contributed by atoms with van der Waals surface area (Å²) >= 11 is 6.18. The first-order valence-electron chi connectivity index (χ1n) is 9.89. The molecule has 1 aromatic carbocycles. The van der Waals surface area contributed by atoms with Crippen LogP contribution in [0.3, 0.4) is 0 Å². The van der Waals surface area contributed by atoms with Gasteiger partial charge in [-0.15, -0.1) is 0 Å². The molecule has 3 heterocycles. The number of halogens is 1. The lowest BCUT2D eigenvalue weighted by atomic mass is 9.94. The van der Waals surface area contributed by atoms with Crippen LogP contribution in [-0.4, -0.2) is 30.5 Å². The normalized spacial score (nSPS) is 18.1. The minimum absolute atomic E-state index is 0.0905. The molecule has 0 spiro atoms. The highest BCUT2D eigenvalue weighted by Gasteiger charge is 2.31. The molecule has 2 aromatic rings. The lowest BCUT2D eigenvalue weighted by Gasteiger charge is -2.35. The number of hydrogen-bond acceptors (Lipinski definition) is 3. The predicted octanol–water partition coefficient (Wildman–Crippen LogP) is 4.63. The van der Waals surface area contributed by atoms with Gasteiger partial charge in [0.05, 0.1) is 0 Å². The number of nitrogens with zero attached hydrogens (tertiary/aromatic N) is 3. The molecule has 2 aliphatic rings. The van der Waals surface area contributed by atoms with Gasteiger partial charge in [-0.25, -0.2) is 4.98 Å². The highest BCUT2D eigenvalue weighted by molar-refractivity contribution is 6.30. The Morgan fingerprint density at radius 3 is 2.70 bits per heavy atom. The van der Waals surface area contributed by atoms with E-state index in [9.17, 15) is 4.79 Å². The Labute approximate surface area is 166 Å². The Kier molecular flexibility index (Phi) is 5.35. The minimum atomic E-state index is 0.0905. The fourth-order valence-corrected chi connectivity index (χ4v) is 4.42. The summed E-state index contributed by atoms with van der Waals surface area (Å²) in [5.41, 5.74) is 3.48. The van der Waals surface area contributed by atoms with E-state index in [0.717, 1.165) is 68.3 Å². The molecule has 0 saturated carbocycles. The highest BCUT2D eigenvalue weighted by Crippen LogP contribution is 2.32. The van der Waals surface area contributed by atoms with Crippen LogP contribution in [0.25, 0.3) is 0 Å². The van der Waals surface area contributed by atoms with Crippen molar-refractivity contribution in [3.05, 3.63) is 52.7 Å². The van der Waals surface area contributed by atoms with Gasteiger partial charge in [-0.2, -0.15) is 0 Å². The average Bonchev–Trinajstić information content (AvgIpc) is 2.89. The van der Waals surface area contributed by atoms with E-state index in [1.54, 1.807) is 0 Å². The number of carbonyl (C=O) groups excluding carboxylic acids is 1. The zero-order chi connectivity index (χ0) is 18.8. The summed E-state index contributed by atoms with van der Waals surface area (Å²) in [7, 11) is 0. The van der Waals surface area contributed by atoms with E-state index in [1.807, 2.05) is 35.4 Å². The minimum Gasteiger partial charge on any atom is -0.357 e. The molecule has 1 fully saturated rings. The van der Waals surface area contributed by atoms with Crippen molar-refractivity contribution in [2.24, 2.45) is 5.92 Å². The second kappa shape index (κ2) is 7.89. The largest absolute Gasteiger partial charge is 0.357 e. The monoisotopic (exact) mass is 383 g/mol. The molecule has 0 bridgehead atoms. The van der Waals surface area contributed by atoms with Gasteiger partial charge < -0.3 is 9.80 Å². The number of benzene rings is 1. The summed E-state index contributed by atoms with van der Waals surface area (Å²) in [4.78, 5) is 22.1. The van der Waals surface area contributed by atoms with Gasteiger partial charge in [0, 0.05) is 42.5 Å². The first-order valence-corrected chi connectivity index (χ1v) is 10.3. The second-order valence-electron chi connectivity index (χ2n) is 7.67. The number of anilines is 2. The van der Waals surface area contributed by atoms with E-state index in [4.69, 9.17) is 11.6 Å². The van der Waals surface area contributed by atoms with Crippen LogP contribution in [0.5, 0.6) is 0 Å². The summed E-state index contributed by atoms with van der Waals surface area (Å²) in [5, 5.41) is 0.752. The first kappa shape index (κ1) is 18.3. The Balaban J connectivity index is 1.47. The van der Waals surface area contributed by atoms with E-state index in [-0.39, 0.29) is 11.8 Å². The molecule has 142 valence electrons. The lowest BCUT2D eigenvalue weighted by Crippen LogP contribution is -2.43. The Hall–Kier alpha value is -2.07. The molecule has 2 aliphatic heterocycles. The standard InChI is InChI=1S/C22H26ClN3O/c1-16-7-10-24-21(14-16)25-12-8-17(9-13-25)22(27)26-11-3-2-4-18-15-19(23)5-6-20(18)26/h5-7,10,14-15,17H,2-4,8-9,11-13H2,1H3. The average molecular weight is 384 g/mol. The quantitative estimate of drug-likeness (QED) is 0.758. The molecule has 0 unspecified atom stereocenters. The maximum atomic E-state index is 13.3. The van der Waals surface area contributed by atoms with E-state index in [2.05, 4.69) is 22.9 Å². The Morgan fingerprint density at radius 1 is 1.11 bits per heavy atom. The summed E-state index contributed by atoms with van der Waals surface area (Å²) in [6.07, 6.45) is 6.78. The van der Waals surface area contributed by atoms with Crippen LogP contribution in [-0.2, 0) is 11.2 Å². The first-order chi connectivity index (χ1) is 13.1. The number of aryl methyl sites for hydroxylation is 2. The number of aromatic nitrogens is 1. The van der Waals surface area contributed by atoms with Gasteiger partial charge in [-0.05, 0) is 80.5 Å². The number of piperidine rings is 1. The molecule has 1 saturated heterocycles. The number of carbonyl (C=O) groups is 1. The fraction of sp³-hybridized carbons (Fsp3) is 0.455. The van der Waals surface area contributed by atoms with Crippen molar-refractivity contribution in [3.8, 4) is 0 Å². The van der Waals surface area contributed by atoms with Crippen LogP contribution in [0, 0.1) is 12.8 Å². The zero-order valence-corrected chi connectivity index (χ0v) is 16.6. The van der Waals surface area contributed by atoms with Crippen LogP contribution in [0.4, 0.5) is 11.5 Å². The van der Waals surface area contributed by atoms with Crippen molar-refractivity contribution in [1.29, 1.82) is 0 Å². The maximum absolute atomic E-state index is 13.3. The molecule has 0 aliphatic carbocycles. The number of amides is 1. The van der Waals surface area contributed by atoms with Crippen molar-refractivity contribution in [1.82, 2.24) is 4.98 Å². The lowest BCUT2D eigenvalue weighted by molar-refractivity contribution is -0.123. The van der Waals surface area contributed by atoms with Gasteiger partial charge in [0.1, 0.15) is 5.82 Å². The molecular formula is C22H26ClN3O. The Morgan fingerprint density at radius 2 is 1.93 bits per heavy atom. The van der Waals surface area contributed by atoms with Gasteiger partial charge in [-0.3, -0.25) is 4.79 Å². The van der Waals surface area contributed by atoms with Crippen molar-refractivity contribution >= 4 is 29.0 Å². The van der Waals surface area contributed by atoms with Gasteiger partial charge >= 0.3 is 0 Å². The fourth-order valence-electron chi connectivity index (χ4n) is 4.22. The van der Waals surface area contributed by atoms with E-state index in [0.29, 0.717) is 0 Å². The van der Waals surface area contributed by atoms with Gasteiger partial charge in [-0.1, -0.05) is 11.6 Å². The molecular weight excluding hydrogens is 358 g/mol. The third-order valence-electron chi connectivity index (χ3n) is 5.75. The van der Waals surface area contributed by atoms with Crippen molar-refractivity contribution in [2.75, 3.05) is 29.4 Å². The molecule has 5 heteroatoms. The van der Waals surface area contributed by atoms with E-state index >= 15 is 0 Å². The van der Waals surface area contributed by atoms with Crippen LogP contribution in [0.15, 0.2) is 36.5 Å². The summed E-state index contributed by atoms with van der Waals surface area (Å²) in [6.45, 7) is 4.67. The van der Waals surface area contributed by atoms with Crippen molar-refractivity contribution in [3.63, 3.8) is 0 Å². The zero-order valence-electron chi connectivity index (χ0n) is 15.8. The smallest absolute Gasteiger partial charge is 0.230 e. The molecule has 4 rings (SSSR count). The highest BCUT2D eigenvalue weighted by atomic mass is 35.5. The maximum Gasteiger partial charge on any atom is 0.230 e. The van der Waals surface area contributed by atoms with E-state index < -0.39 is 0 Å². The Bertz CT molecular complexity index is 830. The van der Waals surface area contributed by atoms with E-state index in [1.165, 1.54) is 11.1 Å². The number of rotatable bonds is 2. The number of hydrogen-bond donors (Lipinski definition) is 0.